The molecule has 1 aromatic heterocycles. The first-order valence-corrected chi connectivity index (χ1v) is 9.52. The SMILES string of the molecule is COc1ccc(N=C2SC(=Cc3cc(I)c(Br)o3)C(=O)N2C)cc1. The molecule has 1 amide bonds. The van der Waals surface area contributed by atoms with Crippen LogP contribution in [0.4, 0.5) is 5.69 Å². The van der Waals surface area contributed by atoms with Crippen molar-refractivity contribution in [1.82, 2.24) is 4.90 Å². The molecule has 0 spiro atoms. The Kier molecular flexibility index (Phi) is 5.36. The van der Waals surface area contributed by atoms with Gasteiger partial charge in [0, 0.05) is 13.1 Å². The maximum atomic E-state index is 12.4. The fraction of sp³-hybridized carbons (Fsp3) is 0.125. The Labute approximate surface area is 165 Å². The lowest BCUT2D eigenvalue weighted by Crippen LogP contribution is -2.23. The number of nitrogens with zero attached hydrogens (tertiary/aromatic N) is 2. The number of hydrogen-bond acceptors (Lipinski definition) is 5. The molecular formula is C16H12BrIN2O3S. The zero-order chi connectivity index (χ0) is 17.3. The number of carbonyl (C=O) groups is 1. The fourth-order valence-electron chi connectivity index (χ4n) is 1.98. The first-order valence-electron chi connectivity index (χ1n) is 6.83. The Morgan fingerprint density at radius 2 is 2.08 bits per heavy atom. The average Bonchev–Trinajstić information content (AvgIpc) is 3.02. The van der Waals surface area contributed by atoms with E-state index in [0.29, 0.717) is 20.5 Å². The summed E-state index contributed by atoms with van der Waals surface area (Å²) in [6.45, 7) is 0. The molecule has 2 aromatic rings. The Bertz CT molecular complexity index is 826. The summed E-state index contributed by atoms with van der Waals surface area (Å²) in [5, 5.41) is 0.622. The van der Waals surface area contributed by atoms with Crippen LogP contribution >= 0.6 is 50.3 Å². The number of halogens is 2. The number of ether oxygens (including phenoxy) is 1. The molecule has 124 valence electrons. The van der Waals surface area contributed by atoms with E-state index in [1.54, 1.807) is 20.2 Å². The molecule has 0 atom stereocenters. The van der Waals surface area contributed by atoms with Crippen LogP contribution in [0.15, 0.2) is 49.3 Å². The second-order valence-corrected chi connectivity index (χ2v) is 7.73. The Hall–Kier alpha value is -1.26. The highest BCUT2D eigenvalue weighted by Crippen LogP contribution is 2.34. The third-order valence-corrected chi connectivity index (χ3v) is 6.43. The summed E-state index contributed by atoms with van der Waals surface area (Å²) >= 11 is 6.80. The Morgan fingerprint density at radius 3 is 2.67 bits per heavy atom. The smallest absolute Gasteiger partial charge is 0.266 e. The van der Waals surface area contributed by atoms with Gasteiger partial charge in [0.2, 0.25) is 0 Å². The monoisotopic (exact) mass is 518 g/mol. The summed E-state index contributed by atoms with van der Waals surface area (Å²) in [7, 11) is 3.33. The number of hydrogen-bond donors (Lipinski definition) is 0. The maximum absolute atomic E-state index is 12.4. The van der Waals surface area contributed by atoms with Gasteiger partial charge in [0.25, 0.3) is 5.91 Å². The lowest BCUT2D eigenvalue weighted by Gasteiger charge is -2.07. The summed E-state index contributed by atoms with van der Waals surface area (Å²) in [6.07, 6.45) is 1.73. The van der Waals surface area contributed by atoms with Crippen LogP contribution in [-0.2, 0) is 4.79 Å². The molecule has 1 aromatic carbocycles. The van der Waals surface area contributed by atoms with Crippen LogP contribution in [0.1, 0.15) is 5.76 Å². The summed E-state index contributed by atoms with van der Waals surface area (Å²) in [4.78, 5) is 19.0. The molecule has 0 bridgehead atoms. The zero-order valence-electron chi connectivity index (χ0n) is 12.7. The molecule has 1 aliphatic rings. The molecule has 1 aliphatic heterocycles. The van der Waals surface area contributed by atoms with E-state index in [1.165, 1.54) is 16.7 Å². The lowest BCUT2D eigenvalue weighted by molar-refractivity contribution is -0.121. The number of amidine groups is 1. The molecule has 0 saturated carbocycles. The minimum Gasteiger partial charge on any atom is -0.497 e. The van der Waals surface area contributed by atoms with Gasteiger partial charge in [-0.25, -0.2) is 4.99 Å². The van der Waals surface area contributed by atoms with E-state index in [1.807, 2.05) is 30.3 Å². The van der Waals surface area contributed by atoms with E-state index in [4.69, 9.17) is 9.15 Å². The van der Waals surface area contributed by atoms with Crippen molar-refractivity contribution < 1.29 is 13.9 Å². The summed E-state index contributed by atoms with van der Waals surface area (Å²) in [6, 6.07) is 9.22. The van der Waals surface area contributed by atoms with Crippen molar-refractivity contribution in [2.45, 2.75) is 0 Å². The zero-order valence-corrected chi connectivity index (χ0v) is 17.3. The number of carbonyl (C=O) groups excluding carboxylic acids is 1. The molecule has 2 heterocycles. The number of amides is 1. The molecule has 1 saturated heterocycles. The highest BCUT2D eigenvalue weighted by Gasteiger charge is 2.30. The van der Waals surface area contributed by atoms with Gasteiger partial charge in [0.15, 0.2) is 9.84 Å². The Morgan fingerprint density at radius 1 is 1.38 bits per heavy atom. The standard InChI is InChI=1S/C16H12BrIN2O3S/c1-20-15(21)13(8-11-7-12(18)14(17)23-11)24-16(20)19-9-3-5-10(22-2)6-4-9/h3-8H,1-2H3. The number of aliphatic imine (C=N–C) groups is 1. The molecule has 1 fully saturated rings. The van der Waals surface area contributed by atoms with E-state index < -0.39 is 0 Å². The number of likely N-dealkylation sites (N-methyl/N-ethyl adjacent to an activating group) is 1. The number of rotatable bonds is 3. The highest BCUT2D eigenvalue weighted by molar-refractivity contribution is 14.1. The molecular weight excluding hydrogens is 507 g/mol. The molecule has 0 N–H and O–H groups in total. The molecule has 0 aliphatic carbocycles. The number of benzene rings is 1. The average molecular weight is 519 g/mol. The van der Waals surface area contributed by atoms with Gasteiger partial charge in [-0.3, -0.25) is 9.69 Å². The summed E-state index contributed by atoms with van der Waals surface area (Å²) in [5.74, 6) is 1.29. The van der Waals surface area contributed by atoms with E-state index in [9.17, 15) is 4.79 Å². The van der Waals surface area contributed by atoms with Crippen LogP contribution in [0.5, 0.6) is 5.75 Å². The van der Waals surface area contributed by atoms with E-state index in [2.05, 4.69) is 43.5 Å². The topological polar surface area (TPSA) is 55.0 Å². The second-order valence-electron chi connectivity index (χ2n) is 4.84. The van der Waals surface area contributed by atoms with Crippen molar-refractivity contribution in [3.63, 3.8) is 0 Å². The van der Waals surface area contributed by atoms with Crippen LogP contribution in [0.3, 0.4) is 0 Å². The van der Waals surface area contributed by atoms with Crippen molar-refractivity contribution in [3.05, 3.63) is 49.2 Å². The van der Waals surface area contributed by atoms with Gasteiger partial charge in [-0.05, 0) is 80.6 Å². The van der Waals surface area contributed by atoms with Gasteiger partial charge in [0.1, 0.15) is 11.5 Å². The quantitative estimate of drug-likeness (QED) is 0.429. The highest BCUT2D eigenvalue weighted by atomic mass is 127. The van der Waals surface area contributed by atoms with Gasteiger partial charge in [-0.15, -0.1) is 0 Å². The van der Waals surface area contributed by atoms with Gasteiger partial charge >= 0.3 is 0 Å². The number of methoxy groups -OCH3 is 1. The first-order chi connectivity index (χ1) is 11.5. The molecule has 3 rings (SSSR count). The number of thioether (sulfide) groups is 1. The minimum atomic E-state index is -0.102. The molecule has 24 heavy (non-hydrogen) atoms. The van der Waals surface area contributed by atoms with Crippen LogP contribution in [0.2, 0.25) is 0 Å². The first kappa shape index (κ1) is 17.6. The normalized spacial score (nSPS) is 18.0. The third-order valence-electron chi connectivity index (χ3n) is 3.24. The van der Waals surface area contributed by atoms with Crippen molar-refractivity contribution in [3.8, 4) is 5.75 Å². The lowest BCUT2D eigenvalue weighted by atomic mass is 10.3. The fourth-order valence-corrected chi connectivity index (χ4v) is 3.67. The number of furan rings is 1. The summed E-state index contributed by atoms with van der Waals surface area (Å²) < 4.78 is 12.3. The largest absolute Gasteiger partial charge is 0.497 e. The molecule has 0 radical (unpaired) electrons. The van der Waals surface area contributed by atoms with Crippen molar-refractivity contribution in [1.29, 1.82) is 0 Å². The van der Waals surface area contributed by atoms with Crippen LogP contribution in [0.25, 0.3) is 6.08 Å². The van der Waals surface area contributed by atoms with Crippen LogP contribution < -0.4 is 4.74 Å². The summed E-state index contributed by atoms with van der Waals surface area (Å²) in [5.41, 5.74) is 0.759. The molecule has 8 heteroatoms. The van der Waals surface area contributed by atoms with Gasteiger partial charge in [-0.1, -0.05) is 0 Å². The predicted octanol–water partition coefficient (Wildman–Crippen LogP) is 4.89. The van der Waals surface area contributed by atoms with E-state index >= 15 is 0 Å². The van der Waals surface area contributed by atoms with E-state index in [-0.39, 0.29) is 5.91 Å². The van der Waals surface area contributed by atoms with Crippen molar-refractivity contribution >= 4 is 73.1 Å². The van der Waals surface area contributed by atoms with Crippen molar-refractivity contribution in [2.75, 3.05) is 14.2 Å². The van der Waals surface area contributed by atoms with Gasteiger partial charge in [-0.2, -0.15) is 0 Å². The van der Waals surface area contributed by atoms with Crippen LogP contribution in [-0.4, -0.2) is 30.1 Å². The predicted molar refractivity (Wildman–Crippen MR) is 108 cm³/mol. The van der Waals surface area contributed by atoms with E-state index in [0.717, 1.165) is 15.0 Å². The van der Waals surface area contributed by atoms with Crippen molar-refractivity contribution in [2.24, 2.45) is 4.99 Å². The third kappa shape index (κ3) is 3.70. The maximum Gasteiger partial charge on any atom is 0.266 e. The van der Waals surface area contributed by atoms with Crippen LogP contribution in [0, 0.1) is 3.57 Å². The minimum absolute atomic E-state index is 0.102. The molecule has 0 unspecified atom stereocenters. The van der Waals surface area contributed by atoms with Gasteiger partial charge in [0.05, 0.1) is 21.3 Å². The molecule has 5 nitrogen and oxygen atoms in total. The Balaban J connectivity index is 1.86. The second kappa shape index (κ2) is 7.32. The van der Waals surface area contributed by atoms with Gasteiger partial charge < -0.3 is 9.15 Å².